The molecule has 5 heteroatoms. The van der Waals surface area contributed by atoms with Gasteiger partial charge in [0.1, 0.15) is 0 Å². The van der Waals surface area contributed by atoms with Gasteiger partial charge in [-0.15, -0.1) is 0 Å². The Morgan fingerprint density at radius 3 is 2.42 bits per heavy atom. The monoisotopic (exact) mass is 210 g/mol. The summed E-state index contributed by atoms with van der Waals surface area (Å²) in [6, 6.07) is 1.17. The molecule has 0 aliphatic heterocycles. The van der Waals surface area contributed by atoms with Gasteiger partial charge >= 0.3 is 0 Å². The molecule has 12 heavy (non-hydrogen) atoms. The molecule has 3 nitrogen and oxygen atoms in total. The average Bonchev–Trinajstić information content (AvgIpc) is 1.94. The smallest absolute Gasteiger partial charge is 0.162 e. The van der Waals surface area contributed by atoms with E-state index in [2.05, 4.69) is 23.8 Å². The zero-order valence-electron chi connectivity index (χ0n) is 8.25. The Morgan fingerprint density at radius 2 is 1.92 bits per heavy atom. The predicted octanol–water partition coefficient (Wildman–Crippen LogP) is 2.52. The highest BCUT2D eigenvalue weighted by Gasteiger charge is 2.11. The fourth-order valence-corrected chi connectivity index (χ4v) is 1.50. The molecule has 0 atom stereocenters. The summed E-state index contributed by atoms with van der Waals surface area (Å²) in [5.41, 5.74) is 0. The molecule has 0 aromatic heterocycles. The third kappa shape index (κ3) is 10.4. The fraction of sp³-hybridized carbons (Fsp3) is 1.00. The number of hydrogen-bond donors (Lipinski definition) is 0. The fourth-order valence-electron chi connectivity index (χ4n) is 0.539. The topological polar surface area (TPSA) is 27.7 Å². The van der Waals surface area contributed by atoms with Crippen molar-refractivity contribution in [3.63, 3.8) is 0 Å². The largest absolute Gasteiger partial charge is 0.354 e. The summed E-state index contributed by atoms with van der Waals surface area (Å²) in [6.45, 7) is 8.06. The van der Waals surface area contributed by atoms with Gasteiger partial charge in [-0.25, -0.2) is 0 Å². The predicted molar refractivity (Wildman–Crippen MR) is 54.7 cm³/mol. The van der Waals surface area contributed by atoms with Crippen molar-refractivity contribution in [3.8, 4) is 0 Å². The van der Waals surface area contributed by atoms with Gasteiger partial charge in [-0.3, -0.25) is 8.37 Å². The van der Waals surface area contributed by atoms with E-state index in [9.17, 15) is 0 Å². The van der Waals surface area contributed by atoms with E-state index in [0.29, 0.717) is 6.79 Å². The van der Waals surface area contributed by atoms with Gasteiger partial charge in [0, 0.05) is 14.7 Å². The molecular weight excluding hydrogens is 192 g/mol. The molecule has 0 aromatic rings. The lowest BCUT2D eigenvalue weighted by molar-refractivity contribution is 0.0301. The van der Waals surface area contributed by atoms with E-state index in [4.69, 9.17) is 8.92 Å². The second kappa shape index (κ2) is 6.91. The van der Waals surface area contributed by atoms with Gasteiger partial charge < -0.3 is 4.74 Å². The maximum atomic E-state index is 5.22. The molecule has 0 unspecified atom stereocenters. The Kier molecular flexibility index (Phi) is 7.17. The average molecular weight is 210 g/mol. The Hall–Kier alpha value is 0.447. The van der Waals surface area contributed by atoms with Crippen LogP contribution in [0.25, 0.3) is 0 Å². The molecule has 0 rings (SSSR count). The lowest BCUT2D eigenvalue weighted by atomic mass is 10.9. The molecule has 0 aliphatic rings. The molecule has 0 saturated carbocycles. The minimum atomic E-state index is -0.944. The molecule has 0 fully saturated rings. The third-order valence-electron chi connectivity index (χ3n) is 1.24. The first-order valence-electron chi connectivity index (χ1n) is 3.96. The first kappa shape index (κ1) is 12.4. The second-order valence-electron chi connectivity index (χ2n) is 3.69. The van der Waals surface area contributed by atoms with Gasteiger partial charge in [0.2, 0.25) is 0 Å². The van der Waals surface area contributed by atoms with E-state index < -0.39 is 8.07 Å². The molecule has 0 aliphatic carbocycles. The van der Waals surface area contributed by atoms with Gasteiger partial charge in [-0.1, -0.05) is 19.6 Å². The molecule has 0 saturated heterocycles. The molecule has 0 amide bonds. The van der Waals surface area contributed by atoms with Crippen molar-refractivity contribution in [2.45, 2.75) is 25.7 Å². The van der Waals surface area contributed by atoms with Crippen LogP contribution in [-0.4, -0.2) is 28.6 Å². The SMILES string of the molecule is COSOCOCC[Si](C)(C)C. The molecule has 0 aromatic carbocycles. The van der Waals surface area contributed by atoms with Crippen LogP contribution in [0.15, 0.2) is 0 Å². The first-order chi connectivity index (χ1) is 5.56. The van der Waals surface area contributed by atoms with Crippen LogP contribution in [0, 0.1) is 0 Å². The van der Waals surface area contributed by atoms with Gasteiger partial charge in [0.25, 0.3) is 0 Å². The quantitative estimate of drug-likeness (QED) is 0.279. The molecule has 0 N–H and O–H groups in total. The van der Waals surface area contributed by atoms with Crippen molar-refractivity contribution in [2.24, 2.45) is 0 Å². The van der Waals surface area contributed by atoms with Crippen molar-refractivity contribution >= 4 is 20.4 Å². The number of rotatable bonds is 7. The number of hydrogen-bond acceptors (Lipinski definition) is 4. The summed E-state index contributed by atoms with van der Waals surface area (Å²) < 4.78 is 14.7. The normalized spacial score (nSPS) is 12.0. The maximum absolute atomic E-state index is 5.22. The zero-order valence-corrected chi connectivity index (χ0v) is 10.1. The van der Waals surface area contributed by atoms with Gasteiger partial charge in [-0.05, 0) is 6.04 Å². The Bertz CT molecular complexity index is 105. The van der Waals surface area contributed by atoms with E-state index in [1.54, 1.807) is 7.11 Å². The lowest BCUT2D eigenvalue weighted by Crippen LogP contribution is -2.21. The summed E-state index contributed by atoms with van der Waals surface area (Å²) in [7, 11) is 0.618. The number of ether oxygens (including phenoxy) is 1. The Morgan fingerprint density at radius 1 is 1.25 bits per heavy atom. The van der Waals surface area contributed by atoms with Crippen LogP contribution >= 0.6 is 12.3 Å². The maximum Gasteiger partial charge on any atom is 0.162 e. The van der Waals surface area contributed by atoms with Crippen LogP contribution in [0.2, 0.25) is 25.7 Å². The van der Waals surface area contributed by atoms with Crippen LogP contribution in [0.4, 0.5) is 0 Å². The summed E-state index contributed by atoms with van der Waals surface area (Å²) in [4.78, 5) is 0. The van der Waals surface area contributed by atoms with E-state index in [0.717, 1.165) is 18.9 Å². The van der Waals surface area contributed by atoms with Crippen molar-refractivity contribution in [2.75, 3.05) is 20.5 Å². The van der Waals surface area contributed by atoms with Gasteiger partial charge in [0.05, 0.1) is 7.11 Å². The summed E-state index contributed by atoms with van der Waals surface area (Å²) in [6.07, 6.45) is 0. The molecule has 0 heterocycles. The molecule has 0 spiro atoms. The third-order valence-corrected chi connectivity index (χ3v) is 3.28. The van der Waals surface area contributed by atoms with Crippen molar-refractivity contribution in [3.05, 3.63) is 0 Å². The van der Waals surface area contributed by atoms with Crippen molar-refractivity contribution < 1.29 is 13.1 Å². The summed E-state index contributed by atoms with van der Waals surface area (Å²) in [5, 5.41) is 0. The molecular formula is C7H18O3SSi. The molecule has 0 radical (unpaired) electrons. The van der Waals surface area contributed by atoms with E-state index in [1.807, 2.05) is 0 Å². The van der Waals surface area contributed by atoms with E-state index in [-0.39, 0.29) is 0 Å². The van der Waals surface area contributed by atoms with E-state index in [1.165, 1.54) is 6.04 Å². The molecule has 74 valence electrons. The van der Waals surface area contributed by atoms with Crippen LogP contribution in [-0.2, 0) is 13.1 Å². The summed E-state index contributed by atoms with van der Waals surface area (Å²) >= 11 is 0.952. The minimum Gasteiger partial charge on any atom is -0.354 e. The van der Waals surface area contributed by atoms with Crippen LogP contribution in [0.3, 0.4) is 0 Å². The highest BCUT2D eigenvalue weighted by atomic mass is 32.2. The molecule has 0 bridgehead atoms. The van der Waals surface area contributed by atoms with Crippen molar-refractivity contribution in [1.29, 1.82) is 0 Å². The van der Waals surface area contributed by atoms with Crippen LogP contribution < -0.4 is 0 Å². The van der Waals surface area contributed by atoms with E-state index >= 15 is 0 Å². The van der Waals surface area contributed by atoms with Crippen LogP contribution in [0.1, 0.15) is 0 Å². The lowest BCUT2D eigenvalue weighted by Gasteiger charge is -2.14. The van der Waals surface area contributed by atoms with Crippen molar-refractivity contribution in [1.82, 2.24) is 0 Å². The summed E-state index contributed by atoms with van der Waals surface area (Å²) in [5.74, 6) is 0. The highest BCUT2D eigenvalue weighted by Crippen LogP contribution is 2.08. The Balaban J connectivity index is 3.01. The van der Waals surface area contributed by atoms with Gasteiger partial charge in [0.15, 0.2) is 19.1 Å². The van der Waals surface area contributed by atoms with Crippen LogP contribution in [0.5, 0.6) is 0 Å². The second-order valence-corrected chi connectivity index (χ2v) is 10.0. The standard InChI is InChI=1S/C7H18O3SSi/c1-8-11-10-7-9-5-6-12(2,3)4/h5-7H2,1-4H3. The first-order valence-corrected chi connectivity index (χ1v) is 8.33. The van der Waals surface area contributed by atoms with Gasteiger partial charge in [-0.2, -0.15) is 0 Å². The highest BCUT2D eigenvalue weighted by molar-refractivity contribution is 7.89. The zero-order chi connectivity index (χ0) is 9.45. The Labute approximate surface area is 80.2 Å². The minimum absolute atomic E-state index is 0.309.